The molecule has 3 aliphatic rings. The van der Waals surface area contributed by atoms with Gasteiger partial charge in [0.25, 0.3) is 0 Å². The van der Waals surface area contributed by atoms with Crippen LogP contribution in [-0.4, -0.2) is 4.57 Å². The lowest BCUT2D eigenvalue weighted by atomic mass is 9.65. The van der Waals surface area contributed by atoms with Gasteiger partial charge < -0.3 is 13.9 Å². The number of benzene rings is 10. The van der Waals surface area contributed by atoms with Gasteiger partial charge in [-0.25, -0.2) is 0 Å². The molecule has 3 nitrogen and oxygen atoms in total. The second-order valence-electron chi connectivity index (χ2n) is 19.2. The molecule has 0 radical (unpaired) electrons. The minimum atomic E-state index is -0.560. The number of fused-ring (bicyclic) bond motifs is 18. The smallest absolute Gasteiger partial charge is 0.135 e. The number of aromatic nitrogens is 1. The number of rotatable bonds is 4. The number of anilines is 3. The van der Waals surface area contributed by atoms with Crippen molar-refractivity contribution in [2.45, 2.75) is 24.7 Å². The number of nitrogens with zero attached hydrogens (tertiary/aromatic N) is 2. The first-order chi connectivity index (χ1) is 33.0. The van der Waals surface area contributed by atoms with Gasteiger partial charge in [0.05, 0.1) is 27.8 Å². The Bertz CT molecular complexity index is 4090. The first-order valence-electron chi connectivity index (χ1n) is 23.4. The van der Waals surface area contributed by atoms with Crippen molar-refractivity contribution >= 4 is 60.8 Å². The SMILES string of the molecule is CC1(C)c2ccccc2-c2ccc(N(c3ccc(-c4ccc5oc6ccccc6c5c4)cc3)c3cccc4c3-c3ccccc3C43c4ccccc4-n4c5ccccc5c5cccc3c54)cc21. The van der Waals surface area contributed by atoms with E-state index < -0.39 is 5.41 Å². The molecule has 314 valence electrons. The molecule has 0 bridgehead atoms. The van der Waals surface area contributed by atoms with E-state index in [0.717, 1.165) is 50.1 Å². The third kappa shape index (κ3) is 4.70. The topological polar surface area (TPSA) is 21.3 Å². The molecule has 67 heavy (non-hydrogen) atoms. The zero-order valence-electron chi connectivity index (χ0n) is 37.1. The van der Waals surface area contributed by atoms with E-state index in [2.05, 4.69) is 230 Å². The monoisotopic (exact) mass is 854 g/mol. The van der Waals surface area contributed by atoms with Gasteiger partial charge in [-0.15, -0.1) is 0 Å². The van der Waals surface area contributed by atoms with Crippen molar-refractivity contribution in [1.29, 1.82) is 0 Å². The van der Waals surface area contributed by atoms with Crippen LogP contribution in [0.3, 0.4) is 0 Å². The Hall–Kier alpha value is -8.40. The lowest BCUT2D eigenvalue weighted by molar-refractivity contribution is 0.660. The molecule has 1 unspecified atom stereocenters. The Labute approximate surface area is 388 Å². The molecule has 0 saturated carbocycles. The van der Waals surface area contributed by atoms with Crippen molar-refractivity contribution in [3.8, 4) is 39.1 Å². The highest BCUT2D eigenvalue weighted by molar-refractivity contribution is 6.13. The molecular formula is C64H42N2O. The molecule has 15 rings (SSSR count). The van der Waals surface area contributed by atoms with Crippen LogP contribution < -0.4 is 4.90 Å². The second-order valence-corrected chi connectivity index (χ2v) is 19.2. The molecule has 10 aromatic carbocycles. The summed E-state index contributed by atoms with van der Waals surface area (Å²) in [6.45, 7) is 4.75. The molecule has 1 aliphatic heterocycles. The summed E-state index contributed by atoms with van der Waals surface area (Å²) in [5.41, 5.74) is 23.7. The van der Waals surface area contributed by atoms with Crippen LogP contribution >= 0.6 is 0 Å². The summed E-state index contributed by atoms with van der Waals surface area (Å²) < 4.78 is 8.74. The fourth-order valence-corrected chi connectivity index (χ4v) is 12.7. The molecule has 0 amide bonds. The van der Waals surface area contributed by atoms with Crippen LogP contribution in [0, 0.1) is 0 Å². The Kier molecular flexibility index (Phi) is 7.22. The minimum absolute atomic E-state index is 0.161. The normalized spacial score (nSPS) is 15.8. The first kappa shape index (κ1) is 36.9. The van der Waals surface area contributed by atoms with E-state index in [-0.39, 0.29) is 5.41 Å². The zero-order valence-corrected chi connectivity index (χ0v) is 37.1. The maximum absolute atomic E-state index is 6.22. The lowest BCUT2D eigenvalue weighted by Gasteiger charge is -2.39. The van der Waals surface area contributed by atoms with E-state index in [4.69, 9.17) is 4.42 Å². The summed E-state index contributed by atoms with van der Waals surface area (Å²) in [6, 6.07) is 81.5. The standard InChI is InChI=1S/C64H42N2O/c1-63(2)50-20-7-3-15-43(50)44-35-34-42(38-55(44)63)65(41-32-29-39(30-33-41)40-31-36-60-49(37-40)46-17-6-12-28-59(46)67-60)58-27-14-23-53-61(58)48-18-4-8-21-51(48)64(53)52-22-9-11-26-57(52)66-56-25-10-5-16-45(56)47-19-13-24-54(64)62(47)66/h3-38H,1-2H3. The van der Waals surface area contributed by atoms with Crippen LogP contribution in [0.5, 0.6) is 0 Å². The molecule has 0 saturated heterocycles. The Morgan fingerprint density at radius 1 is 0.403 bits per heavy atom. The van der Waals surface area contributed by atoms with E-state index >= 15 is 0 Å². The number of para-hydroxylation sites is 4. The third-order valence-corrected chi connectivity index (χ3v) is 15.6. The third-order valence-electron chi connectivity index (χ3n) is 15.6. The van der Waals surface area contributed by atoms with Gasteiger partial charge in [-0.05, 0) is 122 Å². The Morgan fingerprint density at radius 3 is 1.91 bits per heavy atom. The Balaban J connectivity index is 0.985. The fourth-order valence-electron chi connectivity index (χ4n) is 12.7. The van der Waals surface area contributed by atoms with Gasteiger partial charge in [0.2, 0.25) is 0 Å². The molecule has 1 spiro atoms. The van der Waals surface area contributed by atoms with Gasteiger partial charge in [-0.2, -0.15) is 0 Å². The number of hydrogen-bond donors (Lipinski definition) is 0. The van der Waals surface area contributed by atoms with Crippen LogP contribution in [0.2, 0.25) is 0 Å². The highest BCUT2D eigenvalue weighted by atomic mass is 16.3. The summed E-state index contributed by atoms with van der Waals surface area (Å²) >= 11 is 0. The highest BCUT2D eigenvalue weighted by Gasteiger charge is 2.51. The summed E-state index contributed by atoms with van der Waals surface area (Å²) in [7, 11) is 0. The molecule has 3 heterocycles. The fraction of sp³-hybridized carbons (Fsp3) is 0.0625. The largest absolute Gasteiger partial charge is 0.456 e. The maximum Gasteiger partial charge on any atom is 0.135 e. The quantitative estimate of drug-likeness (QED) is 0.176. The average Bonchev–Trinajstić information content (AvgIpc) is 4.08. The van der Waals surface area contributed by atoms with E-state index in [9.17, 15) is 0 Å². The van der Waals surface area contributed by atoms with Crippen LogP contribution in [-0.2, 0) is 10.8 Å². The van der Waals surface area contributed by atoms with Crippen LogP contribution in [0.1, 0.15) is 47.2 Å². The van der Waals surface area contributed by atoms with Crippen LogP contribution in [0.4, 0.5) is 17.1 Å². The van der Waals surface area contributed by atoms with Gasteiger partial charge in [0.15, 0.2) is 0 Å². The van der Waals surface area contributed by atoms with Crippen LogP contribution in [0.25, 0.3) is 82.8 Å². The average molecular weight is 855 g/mol. The van der Waals surface area contributed by atoms with Crippen molar-refractivity contribution in [2.75, 3.05) is 4.90 Å². The predicted octanol–water partition coefficient (Wildman–Crippen LogP) is 16.8. The summed E-state index contributed by atoms with van der Waals surface area (Å²) in [4.78, 5) is 2.52. The molecule has 0 N–H and O–H groups in total. The highest BCUT2D eigenvalue weighted by Crippen LogP contribution is 2.63. The van der Waals surface area contributed by atoms with Crippen molar-refractivity contribution in [1.82, 2.24) is 4.57 Å². The number of furan rings is 1. The van der Waals surface area contributed by atoms with Crippen molar-refractivity contribution in [3.63, 3.8) is 0 Å². The minimum Gasteiger partial charge on any atom is -0.456 e. The summed E-state index contributed by atoms with van der Waals surface area (Å²) in [5.74, 6) is 0. The van der Waals surface area contributed by atoms with E-state index in [1.165, 1.54) is 83.1 Å². The second kappa shape index (κ2) is 13.1. The molecule has 1 atom stereocenters. The first-order valence-corrected chi connectivity index (χ1v) is 23.4. The lowest BCUT2D eigenvalue weighted by Crippen LogP contribution is -2.33. The van der Waals surface area contributed by atoms with Gasteiger partial charge in [0.1, 0.15) is 11.2 Å². The Morgan fingerprint density at radius 2 is 1.03 bits per heavy atom. The summed E-state index contributed by atoms with van der Waals surface area (Å²) in [5, 5.41) is 4.83. The van der Waals surface area contributed by atoms with E-state index in [1.807, 2.05) is 12.1 Å². The molecule has 2 aliphatic carbocycles. The summed E-state index contributed by atoms with van der Waals surface area (Å²) in [6.07, 6.45) is 0. The van der Waals surface area contributed by atoms with E-state index in [0.29, 0.717) is 0 Å². The molecular weight excluding hydrogens is 813 g/mol. The van der Waals surface area contributed by atoms with Gasteiger partial charge in [0, 0.05) is 43.9 Å². The van der Waals surface area contributed by atoms with Gasteiger partial charge >= 0.3 is 0 Å². The van der Waals surface area contributed by atoms with Crippen LogP contribution in [0.15, 0.2) is 223 Å². The van der Waals surface area contributed by atoms with Crippen molar-refractivity contribution < 1.29 is 4.42 Å². The molecule has 2 aromatic heterocycles. The number of hydrogen-bond acceptors (Lipinski definition) is 2. The van der Waals surface area contributed by atoms with Crippen molar-refractivity contribution in [2.24, 2.45) is 0 Å². The molecule has 0 fully saturated rings. The zero-order chi connectivity index (χ0) is 44.2. The predicted molar refractivity (Wildman–Crippen MR) is 277 cm³/mol. The molecule has 12 aromatic rings. The van der Waals surface area contributed by atoms with Crippen molar-refractivity contribution in [3.05, 3.63) is 252 Å². The van der Waals surface area contributed by atoms with Gasteiger partial charge in [-0.3, -0.25) is 0 Å². The van der Waals surface area contributed by atoms with E-state index in [1.54, 1.807) is 0 Å². The van der Waals surface area contributed by atoms with Gasteiger partial charge in [-0.1, -0.05) is 172 Å². The molecule has 3 heteroatoms. The maximum atomic E-state index is 6.22.